The van der Waals surface area contributed by atoms with Crippen molar-refractivity contribution in [2.24, 2.45) is 5.10 Å². The van der Waals surface area contributed by atoms with Gasteiger partial charge in [-0.15, -0.1) is 0 Å². The zero-order chi connectivity index (χ0) is 28.4. The largest absolute Gasteiger partial charge is 0.422 e. The monoisotopic (exact) mass is 717 g/mol. The normalized spacial score (nSPS) is 11.2. The van der Waals surface area contributed by atoms with Crippen molar-refractivity contribution < 1.29 is 14.3 Å². The highest BCUT2D eigenvalue weighted by molar-refractivity contribution is 9.10. The summed E-state index contributed by atoms with van der Waals surface area (Å²) >= 11 is 26.0. The first-order valence-corrected chi connectivity index (χ1v) is 14.3. The number of carbonyl (C=O) groups excluding carboxylic acids is 2. The van der Waals surface area contributed by atoms with Gasteiger partial charge >= 0.3 is 5.97 Å². The smallest absolute Gasteiger partial charge is 0.345 e. The predicted octanol–water partition coefficient (Wildman–Crippen LogP) is 9.30. The summed E-state index contributed by atoms with van der Waals surface area (Å²) in [6.07, 6.45) is 1.37. The van der Waals surface area contributed by atoms with E-state index in [2.05, 4.69) is 47.4 Å². The summed E-state index contributed by atoms with van der Waals surface area (Å²) in [7, 11) is 0. The molecule has 1 heterocycles. The van der Waals surface area contributed by atoms with Gasteiger partial charge in [0.05, 0.1) is 27.3 Å². The fourth-order valence-electron chi connectivity index (χ4n) is 4.05. The molecule has 40 heavy (non-hydrogen) atoms. The molecule has 5 rings (SSSR count). The van der Waals surface area contributed by atoms with Crippen molar-refractivity contribution in [3.63, 3.8) is 0 Å². The van der Waals surface area contributed by atoms with Crippen LogP contribution >= 0.6 is 66.7 Å². The second-order valence-electron chi connectivity index (χ2n) is 8.42. The van der Waals surface area contributed by atoms with Crippen molar-refractivity contribution in [2.45, 2.75) is 0 Å². The van der Waals surface area contributed by atoms with E-state index in [-0.39, 0.29) is 22.0 Å². The first-order valence-electron chi connectivity index (χ1n) is 11.6. The lowest BCUT2D eigenvalue weighted by Gasteiger charge is -2.09. The predicted molar refractivity (Wildman–Crippen MR) is 167 cm³/mol. The van der Waals surface area contributed by atoms with Crippen molar-refractivity contribution in [3.05, 3.63) is 120 Å². The average molecular weight is 721 g/mol. The van der Waals surface area contributed by atoms with E-state index in [0.29, 0.717) is 37.6 Å². The Morgan fingerprint density at radius 1 is 0.850 bits per heavy atom. The van der Waals surface area contributed by atoms with Crippen LogP contribution in [0, 0.1) is 0 Å². The highest BCUT2D eigenvalue weighted by atomic mass is 79.9. The summed E-state index contributed by atoms with van der Waals surface area (Å²) in [5.41, 5.74) is 5.22. The Balaban J connectivity index is 1.46. The molecule has 0 aliphatic heterocycles. The maximum Gasteiger partial charge on any atom is 0.345 e. The van der Waals surface area contributed by atoms with Gasteiger partial charge in [-0.2, -0.15) is 5.10 Å². The van der Waals surface area contributed by atoms with Crippen LogP contribution in [0.1, 0.15) is 26.4 Å². The minimum Gasteiger partial charge on any atom is -0.422 e. The molecule has 5 aromatic rings. The lowest BCUT2D eigenvalue weighted by Crippen LogP contribution is -2.19. The van der Waals surface area contributed by atoms with Crippen LogP contribution in [0.3, 0.4) is 0 Å². The zero-order valence-corrected chi connectivity index (χ0v) is 25.6. The summed E-state index contributed by atoms with van der Waals surface area (Å²) in [6.45, 7) is 0. The van der Waals surface area contributed by atoms with Crippen molar-refractivity contribution in [1.82, 2.24) is 10.4 Å². The van der Waals surface area contributed by atoms with Gasteiger partial charge in [0.2, 0.25) is 0 Å². The quantitative estimate of drug-likeness (QED) is 0.0794. The molecule has 0 aliphatic rings. The zero-order valence-electron chi connectivity index (χ0n) is 20.1. The molecular weight excluding hydrogens is 705 g/mol. The van der Waals surface area contributed by atoms with Crippen LogP contribution in [0.4, 0.5) is 0 Å². The molecule has 0 aliphatic carbocycles. The molecule has 0 fully saturated rings. The van der Waals surface area contributed by atoms with Gasteiger partial charge in [0.25, 0.3) is 5.91 Å². The second-order valence-corrected chi connectivity index (χ2v) is 11.5. The third-order valence-electron chi connectivity index (χ3n) is 5.83. The van der Waals surface area contributed by atoms with Gasteiger partial charge in [-0.05, 0) is 48.5 Å². The van der Waals surface area contributed by atoms with Gasteiger partial charge in [0.15, 0.2) is 0 Å². The highest BCUT2D eigenvalue weighted by Crippen LogP contribution is 2.40. The van der Waals surface area contributed by atoms with E-state index in [0.717, 1.165) is 8.95 Å². The van der Waals surface area contributed by atoms with Gasteiger partial charge in [0.1, 0.15) is 11.4 Å². The summed E-state index contributed by atoms with van der Waals surface area (Å²) < 4.78 is 7.04. The maximum atomic E-state index is 13.4. The minimum absolute atomic E-state index is 0.222. The van der Waals surface area contributed by atoms with Crippen LogP contribution in [0.5, 0.6) is 5.75 Å². The Morgan fingerprint density at radius 2 is 1.57 bits per heavy atom. The van der Waals surface area contributed by atoms with E-state index < -0.39 is 11.9 Å². The SMILES string of the molecule is O=C(Oc1ccc(Br)cc1C=NNC(=O)c1[nH]c2c(Cl)cc(Br)cc2c1-c1ccccc1Cl)c1ccccc1Cl. The van der Waals surface area contributed by atoms with Gasteiger partial charge < -0.3 is 9.72 Å². The van der Waals surface area contributed by atoms with E-state index in [1.807, 2.05) is 24.3 Å². The third-order valence-corrected chi connectivity index (χ3v) is 7.74. The van der Waals surface area contributed by atoms with E-state index >= 15 is 0 Å². The van der Waals surface area contributed by atoms with Crippen LogP contribution < -0.4 is 10.2 Å². The molecule has 4 aromatic carbocycles. The Bertz CT molecular complexity index is 1820. The molecule has 1 aromatic heterocycles. The highest BCUT2D eigenvalue weighted by Gasteiger charge is 2.22. The van der Waals surface area contributed by atoms with E-state index in [1.165, 1.54) is 6.21 Å². The lowest BCUT2D eigenvalue weighted by molar-refractivity contribution is 0.0734. The van der Waals surface area contributed by atoms with Gasteiger partial charge in [-0.25, -0.2) is 10.2 Å². The fraction of sp³-hybridized carbons (Fsp3) is 0. The van der Waals surface area contributed by atoms with E-state index in [1.54, 1.807) is 54.6 Å². The topological polar surface area (TPSA) is 83.5 Å². The molecule has 1 amide bonds. The number of hydrazone groups is 1. The first kappa shape index (κ1) is 28.4. The summed E-state index contributed by atoms with van der Waals surface area (Å²) in [5, 5.41) is 6.01. The lowest BCUT2D eigenvalue weighted by atomic mass is 10.0. The Labute approximate surface area is 260 Å². The number of nitrogens with zero attached hydrogens (tertiary/aromatic N) is 1. The number of ether oxygens (including phenoxy) is 1. The van der Waals surface area contributed by atoms with Crippen LogP contribution in [0.15, 0.2) is 92.9 Å². The number of fused-ring (bicyclic) bond motifs is 1. The average Bonchev–Trinajstić information content (AvgIpc) is 3.30. The fourth-order valence-corrected chi connectivity index (χ4v) is 5.72. The number of carbonyl (C=O) groups is 2. The van der Waals surface area contributed by atoms with Crippen molar-refractivity contribution >= 4 is 95.7 Å². The minimum atomic E-state index is -0.628. The Morgan fingerprint density at radius 3 is 2.33 bits per heavy atom. The first-order chi connectivity index (χ1) is 19.2. The summed E-state index contributed by atoms with van der Waals surface area (Å²) in [6, 6.07) is 22.4. The van der Waals surface area contributed by atoms with Crippen molar-refractivity contribution in [1.29, 1.82) is 0 Å². The molecule has 0 saturated heterocycles. The number of H-pyrrole nitrogens is 1. The molecule has 0 spiro atoms. The van der Waals surface area contributed by atoms with Crippen LogP contribution in [-0.2, 0) is 0 Å². The molecule has 6 nitrogen and oxygen atoms in total. The molecule has 2 N–H and O–H groups in total. The number of amides is 1. The van der Waals surface area contributed by atoms with Crippen LogP contribution in [-0.4, -0.2) is 23.1 Å². The van der Waals surface area contributed by atoms with Crippen molar-refractivity contribution in [3.8, 4) is 16.9 Å². The number of hydrogen-bond acceptors (Lipinski definition) is 4. The Hall–Kier alpha value is -3.14. The number of nitrogens with one attached hydrogen (secondary N) is 2. The number of benzene rings is 4. The molecular formula is C29H16Br2Cl3N3O3. The van der Waals surface area contributed by atoms with E-state index in [9.17, 15) is 9.59 Å². The third kappa shape index (κ3) is 5.96. The molecule has 0 bridgehead atoms. The van der Waals surface area contributed by atoms with Gasteiger partial charge in [-0.3, -0.25) is 4.79 Å². The second kappa shape index (κ2) is 12.2. The maximum absolute atomic E-state index is 13.4. The van der Waals surface area contributed by atoms with E-state index in [4.69, 9.17) is 39.5 Å². The summed E-state index contributed by atoms with van der Waals surface area (Å²) in [5.74, 6) is -0.929. The number of rotatable bonds is 6. The number of esters is 1. The van der Waals surface area contributed by atoms with Crippen LogP contribution in [0.2, 0.25) is 15.1 Å². The van der Waals surface area contributed by atoms with Gasteiger partial charge in [-0.1, -0.05) is 97.0 Å². The van der Waals surface area contributed by atoms with Crippen molar-refractivity contribution in [2.75, 3.05) is 0 Å². The number of hydrogen-bond donors (Lipinski definition) is 2. The van der Waals surface area contributed by atoms with Gasteiger partial charge in [0, 0.05) is 36.0 Å². The molecule has 200 valence electrons. The number of halogens is 5. The molecule has 0 unspecified atom stereocenters. The molecule has 11 heteroatoms. The Kier molecular flexibility index (Phi) is 8.63. The molecule has 0 saturated carbocycles. The molecule has 0 radical (unpaired) electrons. The molecule has 0 atom stereocenters. The summed E-state index contributed by atoms with van der Waals surface area (Å²) in [4.78, 5) is 29.2. The van der Waals surface area contributed by atoms with Crippen LogP contribution in [0.25, 0.3) is 22.0 Å². The number of aromatic nitrogens is 1. The standard InChI is InChI=1S/C29H16Br2Cl3N3O3/c30-16-9-10-24(40-29(39)19-6-2-4-8-22(19)33)15(11-16)14-35-37-28(38)27-25(18-5-1-3-7-21(18)32)20-12-17(31)13-23(34)26(20)36-27/h1-14,36H,(H,37,38). The number of aromatic amines is 1.